The van der Waals surface area contributed by atoms with Gasteiger partial charge in [0.15, 0.2) is 0 Å². The number of para-hydroxylation sites is 2. The molecule has 1 N–H and O–H groups in total. The molecule has 2 amide bonds. The molecule has 1 aliphatic rings. The molecule has 8 heteroatoms. The van der Waals surface area contributed by atoms with Crippen molar-refractivity contribution < 1.29 is 14.0 Å². The molecular formula is C23H18N4O4. The number of rotatable bonds is 4. The number of furan rings is 1. The Morgan fingerprint density at radius 1 is 1.13 bits per heavy atom. The van der Waals surface area contributed by atoms with Crippen molar-refractivity contribution in [1.82, 2.24) is 9.55 Å². The van der Waals surface area contributed by atoms with E-state index < -0.39 is 0 Å². The van der Waals surface area contributed by atoms with Crippen molar-refractivity contribution in [3.63, 3.8) is 0 Å². The van der Waals surface area contributed by atoms with Crippen LogP contribution in [0.5, 0.6) is 0 Å². The molecule has 0 atom stereocenters. The van der Waals surface area contributed by atoms with Gasteiger partial charge in [-0.1, -0.05) is 12.1 Å². The zero-order chi connectivity index (χ0) is 21.4. The Morgan fingerprint density at radius 3 is 2.84 bits per heavy atom. The lowest BCUT2D eigenvalue weighted by atomic mass is 10.1. The van der Waals surface area contributed by atoms with Gasteiger partial charge in [-0.15, -0.1) is 0 Å². The first-order valence-electron chi connectivity index (χ1n) is 9.81. The Morgan fingerprint density at radius 2 is 2.00 bits per heavy atom. The highest BCUT2D eigenvalue weighted by molar-refractivity contribution is 6.07. The second-order valence-electron chi connectivity index (χ2n) is 7.28. The Kier molecular flexibility index (Phi) is 4.59. The molecule has 1 aliphatic heterocycles. The molecule has 0 radical (unpaired) electrons. The predicted octanol–water partition coefficient (Wildman–Crippen LogP) is 2.83. The average Bonchev–Trinajstić information content (AvgIpc) is 3.45. The molecule has 0 saturated carbocycles. The van der Waals surface area contributed by atoms with E-state index in [1.807, 2.05) is 18.2 Å². The minimum absolute atomic E-state index is 0.117. The van der Waals surface area contributed by atoms with E-state index in [9.17, 15) is 14.4 Å². The minimum Gasteiger partial charge on any atom is -0.472 e. The molecule has 2 aromatic carbocycles. The number of carbonyl (C=O) groups excluding carboxylic acids is 2. The smallest absolute Gasteiger partial charge is 0.269 e. The summed E-state index contributed by atoms with van der Waals surface area (Å²) >= 11 is 0. The summed E-state index contributed by atoms with van der Waals surface area (Å²) in [7, 11) is 0. The van der Waals surface area contributed by atoms with Crippen LogP contribution in [0.4, 0.5) is 11.4 Å². The third-order valence-electron chi connectivity index (χ3n) is 5.33. The lowest BCUT2D eigenvalue weighted by molar-refractivity contribution is -0.116. The molecule has 5 rings (SSSR count). The fraction of sp³-hybridized carbons (Fsp3) is 0.130. The number of anilines is 2. The van der Waals surface area contributed by atoms with Crippen LogP contribution in [-0.2, 0) is 17.8 Å². The van der Waals surface area contributed by atoms with Crippen LogP contribution in [0.1, 0.15) is 15.9 Å². The number of aromatic nitrogens is 2. The minimum atomic E-state index is -0.337. The molecule has 0 spiro atoms. The maximum Gasteiger partial charge on any atom is 0.269 e. The first-order chi connectivity index (χ1) is 15.1. The van der Waals surface area contributed by atoms with E-state index in [0.717, 1.165) is 11.3 Å². The van der Waals surface area contributed by atoms with E-state index >= 15 is 0 Å². The number of hydrogen-bond acceptors (Lipinski definition) is 5. The van der Waals surface area contributed by atoms with Gasteiger partial charge < -0.3 is 14.6 Å². The van der Waals surface area contributed by atoms with Gasteiger partial charge in [-0.2, -0.15) is 0 Å². The third-order valence-corrected chi connectivity index (χ3v) is 5.33. The van der Waals surface area contributed by atoms with Crippen LogP contribution >= 0.6 is 0 Å². The molecule has 0 unspecified atom stereocenters. The van der Waals surface area contributed by atoms with Crippen molar-refractivity contribution in [2.45, 2.75) is 13.0 Å². The van der Waals surface area contributed by atoms with Crippen LogP contribution in [0.25, 0.3) is 11.0 Å². The highest BCUT2D eigenvalue weighted by Crippen LogP contribution is 2.31. The number of nitrogens with zero attached hydrogens (tertiary/aromatic N) is 3. The Hall–Kier alpha value is -4.20. The van der Waals surface area contributed by atoms with Gasteiger partial charge in [-0.25, -0.2) is 4.98 Å². The summed E-state index contributed by atoms with van der Waals surface area (Å²) in [5, 5.41) is 2.85. The van der Waals surface area contributed by atoms with E-state index in [0.29, 0.717) is 35.2 Å². The molecule has 0 saturated heterocycles. The third kappa shape index (κ3) is 3.48. The zero-order valence-electron chi connectivity index (χ0n) is 16.4. The van der Waals surface area contributed by atoms with Gasteiger partial charge in [0.1, 0.15) is 12.8 Å². The van der Waals surface area contributed by atoms with Crippen molar-refractivity contribution in [2.24, 2.45) is 0 Å². The highest BCUT2D eigenvalue weighted by atomic mass is 16.3. The monoisotopic (exact) mass is 414 g/mol. The summed E-state index contributed by atoms with van der Waals surface area (Å²) in [4.78, 5) is 43.3. The van der Waals surface area contributed by atoms with Gasteiger partial charge in [-0.3, -0.25) is 19.0 Å². The fourth-order valence-corrected chi connectivity index (χ4v) is 3.85. The average molecular weight is 414 g/mol. The summed E-state index contributed by atoms with van der Waals surface area (Å²) in [6.45, 7) is 0.444. The molecule has 0 fully saturated rings. The van der Waals surface area contributed by atoms with Crippen LogP contribution in [-0.4, -0.2) is 27.9 Å². The molecule has 0 aliphatic carbocycles. The number of hydrogen-bond donors (Lipinski definition) is 1. The van der Waals surface area contributed by atoms with E-state index in [2.05, 4.69) is 10.3 Å². The molecule has 154 valence electrons. The lowest BCUT2D eigenvalue weighted by Crippen LogP contribution is -2.28. The van der Waals surface area contributed by atoms with Gasteiger partial charge in [0.25, 0.3) is 11.5 Å². The summed E-state index contributed by atoms with van der Waals surface area (Å²) < 4.78 is 6.41. The molecule has 0 bridgehead atoms. The second kappa shape index (κ2) is 7.56. The van der Waals surface area contributed by atoms with E-state index in [-0.39, 0.29) is 23.9 Å². The van der Waals surface area contributed by atoms with Crippen molar-refractivity contribution in [2.75, 3.05) is 16.8 Å². The molecule has 3 heterocycles. The maximum atomic E-state index is 12.6. The standard InChI is InChI=1S/C23H18N4O4/c28-21(13-27-20-4-2-1-3-18(20)24-12-22(27)29)25-17-5-6-19-15(11-17)7-9-26(19)23(30)16-8-10-31-14-16/h1-6,8,10-12,14H,7,9,13H2,(H,25,28). The Bertz CT molecular complexity index is 1360. The normalized spacial score (nSPS) is 12.7. The molecule has 4 aromatic rings. The quantitative estimate of drug-likeness (QED) is 0.554. The van der Waals surface area contributed by atoms with Crippen LogP contribution in [0.15, 0.2) is 76.5 Å². The van der Waals surface area contributed by atoms with Crippen LogP contribution in [0.3, 0.4) is 0 Å². The molecule has 31 heavy (non-hydrogen) atoms. The van der Waals surface area contributed by atoms with Gasteiger partial charge in [-0.05, 0) is 48.4 Å². The van der Waals surface area contributed by atoms with Crippen molar-refractivity contribution >= 4 is 34.2 Å². The maximum absolute atomic E-state index is 12.6. The van der Waals surface area contributed by atoms with E-state index in [1.54, 1.807) is 35.2 Å². The second-order valence-corrected chi connectivity index (χ2v) is 7.28. The van der Waals surface area contributed by atoms with Crippen molar-refractivity contribution in [3.05, 3.63) is 88.7 Å². The zero-order valence-corrected chi connectivity index (χ0v) is 16.4. The van der Waals surface area contributed by atoms with Gasteiger partial charge in [0, 0.05) is 17.9 Å². The van der Waals surface area contributed by atoms with Crippen molar-refractivity contribution in [3.8, 4) is 0 Å². The first-order valence-corrected chi connectivity index (χ1v) is 9.81. The van der Waals surface area contributed by atoms with Gasteiger partial charge in [0.2, 0.25) is 5.91 Å². The topological polar surface area (TPSA) is 97.4 Å². The van der Waals surface area contributed by atoms with E-state index in [1.165, 1.54) is 23.3 Å². The van der Waals surface area contributed by atoms with Crippen LogP contribution in [0, 0.1) is 0 Å². The van der Waals surface area contributed by atoms with Crippen LogP contribution in [0.2, 0.25) is 0 Å². The summed E-state index contributed by atoms with van der Waals surface area (Å²) in [5.41, 5.74) is 3.83. The number of benzene rings is 2. The summed E-state index contributed by atoms with van der Waals surface area (Å²) in [6.07, 6.45) is 4.81. The number of nitrogens with one attached hydrogen (secondary N) is 1. The Balaban J connectivity index is 1.34. The SMILES string of the molecule is O=C(Cn1c(=O)cnc2ccccc21)Nc1ccc2c(c1)CCN2C(=O)c1ccoc1. The van der Waals surface area contributed by atoms with Gasteiger partial charge in [0.05, 0.1) is 29.1 Å². The largest absolute Gasteiger partial charge is 0.472 e. The summed E-state index contributed by atoms with van der Waals surface area (Å²) in [6, 6.07) is 14.3. The number of amides is 2. The first kappa shape index (κ1) is 18.8. The molecular weight excluding hydrogens is 396 g/mol. The van der Waals surface area contributed by atoms with Crippen LogP contribution < -0.4 is 15.8 Å². The molecule has 2 aromatic heterocycles. The molecule has 8 nitrogen and oxygen atoms in total. The highest BCUT2D eigenvalue weighted by Gasteiger charge is 2.26. The predicted molar refractivity (Wildman–Crippen MR) is 115 cm³/mol. The lowest BCUT2D eigenvalue weighted by Gasteiger charge is -2.17. The number of fused-ring (bicyclic) bond motifs is 2. The van der Waals surface area contributed by atoms with Crippen molar-refractivity contribution in [1.29, 1.82) is 0 Å². The van der Waals surface area contributed by atoms with E-state index in [4.69, 9.17) is 4.42 Å². The van der Waals surface area contributed by atoms with Gasteiger partial charge >= 0.3 is 0 Å². The summed E-state index contributed by atoms with van der Waals surface area (Å²) in [5.74, 6) is -0.434. The fourth-order valence-electron chi connectivity index (χ4n) is 3.85. The Labute approximate surface area is 176 Å². The number of carbonyl (C=O) groups is 2.